The molecule has 11 heteroatoms. The Morgan fingerprint density at radius 2 is 1.88 bits per heavy atom. The molecule has 3 amide bonds. The number of hydrogen-bond donors (Lipinski definition) is 2. The Balaban J connectivity index is 1.27. The molecule has 6 rings (SSSR count). The number of alkyl carbamates (subject to hydrolysis) is 1. The second-order valence-electron chi connectivity index (χ2n) is 14.8. The lowest BCUT2D eigenvalue weighted by atomic mass is 9.93. The molecule has 3 aliphatic heterocycles. The Labute approximate surface area is 282 Å². The van der Waals surface area contributed by atoms with Gasteiger partial charge >= 0.3 is 12.1 Å². The number of ether oxygens (including phenoxy) is 2. The maximum atomic E-state index is 14.4. The van der Waals surface area contributed by atoms with Crippen LogP contribution >= 0.6 is 0 Å². The molecule has 1 aliphatic carbocycles. The van der Waals surface area contributed by atoms with E-state index in [1.165, 1.54) is 0 Å². The number of para-hydroxylation sites is 1. The van der Waals surface area contributed by atoms with Crippen LogP contribution in [0.5, 0.6) is 0 Å². The summed E-state index contributed by atoms with van der Waals surface area (Å²) in [7, 11) is 0. The first kappa shape index (κ1) is 33.9. The number of nitrogens with zero attached hydrogens (tertiary/aromatic N) is 3. The number of nitrogens with one attached hydrogen (secondary N) is 2. The summed E-state index contributed by atoms with van der Waals surface area (Å²) in [5, 5.41) is 7.01. The van der Waals surface area contributed by atoms with Gasteiger partial charge in [0.2, 0.25) is 11.8 Å². The van der Waals surface area contributed by atoms with Gasteiger partial charge in [0.1, 0.15) is 23.2 Å². The first-order valence-corrected chi connectivity index (χ1v) is 17.5. The van der Waals surface area contributed by atoms with Crippen molar-refractivity contribution in [3.63, 3.8) is 0 Å². The van der Waals surface area contributed by atoms with Crippen LogP contribution in [0.15, 0.2) is 48.6 Å². The quantitative estimate of drug-likeness (QED) is 0.358. The van der Waals surface area contributed by atoms with Crippen LogP contribution in [0.3, 0.4) is 0 Å². The molecule has 6 atom stereocenters. The van der Waals surface area contributed by atoms with Crippen molar-refractivity contribution in [2.45, 2.75) is 96.0 Å². The third-order valence-electron chi connectivity index (χ3n) is 10.1. The zero-order valence-electron chi connectivity index (χ0n) is 28.6. The maximum absolute atomic E-state index is 14.4. The van der Waals surface area contributed by atoms with Crippen LogP contribution in [0.4, 0.5) is 4.79 Å². The predicted molar refractivity (Wildman–Crippen MR) is 180 cm³/mol. The molecule has 1 saturated carbocycles. The van der Waals surface area contributed by atoms with Crippen LogP contribution in [-0.2, 0) is 30.4 Å². The number of pyridine rings is 1. The molecule has 0 spiro atoms. The highest BCUT2D eigenvalue weighted by Gasteiger charge is 2.63. The Hall–Kier alpha value is -3.99. The molecule has 2 N–H and O–H groups in total. The van der Waals surface area contributed by atoms with Gasteiger partial charge < -0.3 is 25.0 Å². The number of fused-ring (bicyclic) bond motifs is 5. The van der Waals surface area contributed by atoms with Crippen LogP contribution in [0.25, 0.3) is 10.9 Å². The van der Waals surface area contributed by atoms with Gasteiger partial charge in [0.15, 0.2) is 0 Å². The molecule has 2 saturated heterocycles. The average molecular weight is 660 g/mol. The molecule has 1 aromatic heterocycles. The van der Waals surface area contributed by atoms with Crippen LogP contribution in [0.1, 0.15) is 71.9 Å². The third kappa shape index (κ3) is 7.36. The van der Waals surface area contributed by atoms with Gasteiger partial charge in [-0.3, -0.25) is 19.5 Å². The number of aromatic nitrogens is 1. The predicted octanol–water partition coefficient (Wildman–Crippen LogP) is 4.35. The Kier molecular flexibility index (Phi) is 9.79. The lowest BCUT2D eigenvalue weighted by Gasteiger charge is -2.33. The summed E-state index contributed by atoms with van der Waals surface area (Å²) >= 11 is 0. The van der Waals surface area contributed by atoms with Crippen LogP contribution in [0.2, 0.25) is 0 Å². The number of hydrogen-bond acceptors (Lipinski definition) is 8. The van der Waals surface area contributed by atoms with E-state index < -0.39 is 35.3 Å². The first-order chi connectivity index (χ1) is 23.0. The number of carbonyl (C=O) groups excluding carboxylic acids is 4. The van der Waals surface area contributed by atoms with Gasteiger partial charge in [-0.25, -0.2) is 9.59 Å². The number of amides is 3. The molecule has 3 fully saturated rings. The number of likely N-dealkylation sites (tertiary alicyclic amines) is 1. The summed E-state index contributed by atoms with van der Waals surface area (Å²) in [5.74, 6) is -1.35. The maximum Gasteiger partial charge on any atom is 0.408 e. The summed E-state index contributed by atoms with van der Waals surface area (Å²) in [6.45, 7) is 9.62. The lowest BCUT2D eigenvalue weighted by Crippen LogP contribution is -2.58. The van der Waals surface area contributed by atoms with Crippen molar-refractivity contribution >= 4 is 34.8 Å². The van der Waals surface area contributed by atoms with E-state index in [-0.39, 0.29) is 36.2 Å². The lowest BCUT2D eigenvalue weighted by molar-refractivity contribution is -0.150. The number of esters is 1. The van der Waals surface area contributed by atoms with Gasteiger partial charge in [0, 0.05) is 43.4 Å². The van der Waals surface area contributed by atoms with Crippen molar-refractivity contribution in [2.24, 2.45) is 17.8 Å². The highest BCUT2D eigenvalue weighted by molar-refractivity contribution is 5.97. The Morgan fingerprint density at radius 1 is 1.06 bits per heavy atom. The number of allylic oxidation sites excluding steroid dienone is 1. The van der Waals surface area contributed by atoms with Gasteiger partial charge in [-0.05, 0) is 71.4 Å². The molecule has 1 aromatic carbocycles. The van der Waals surface area contributed by atoms with Crippen molar-refractivity contribution < 1.29 is 28.7 Å². The minimum Gasteiger partial charge on any atom is -0.464 e. The van der Waals surface area contributed by atoms with Gasteiger partial charge in [0.25, 0.3) is 0 Å². The van der Waals surface area contributed by atoms with Gasteiger partial charge in [0.05, 0.1) is 17.8 Å². The molecular formula is C37H49N5O6. The zero-order valence-corrected chi connectivity index (χ0v) is 28.6. The first-order valence-electron chi connectivity index (χ1n) is 17.5. The van der Waals surface area contributed by atoms with Crippen molar-refractivity contribution in [3.05, 3.63) is 54.2 Å². The van der Waals surface area contributed by atoms with Gasteiger partial charge in [-0.1, -0.05) is 49.3 Å². The van der Waals surface area contributed by atoms with E-state index in [1.54, 1.807) is 32.6 Å². The third-order valence-corrected chi connectivity index (χ3v) is 10.1. The van der Waals surface area contributed by atoms with Crippen LogP contribution < -0.4 is 10.6 Å². The normalized spacial score (nSPS) is 30.2. The van der Waals surface area contributed by atoms with Crippen molar-refractivity contribution in [1.82, 2.24) is 25.4 Å². The molecule has 48 heavy (non-hydrogen) atoms. The number of carbonyl (C=O) groups is 4. The highest BCUT2D eigenvalue weighted by atomic mass is 16.6. The fourth-order valence-electron chi connectivity index (χ4n) is 7.71. The molecule has 11 nitrogen and oxygen atoms in total. The summed E-state index contributed by atoms with van der Waals surface area (Å²) in [6, 6.07) is 10.5. The number of benzene rings is 1. The molecule has 0 bridgehead atoms. The molecule has 1 unspecified atom stereocenters. The smallest absolute Gasteiger partial charge is 0.408 e. The Bertz CT molecular complexity index is 1570. The van der Waals surface area contributed by atoms with Crippen LogP contribution in [0, 0.1) is 17.8 Å². The Morgan fingerprint density at radius 3 is 2.67 bits per heavy atom. The molecular weight excluding hydrogens is 610 g/mol. The van der Waals surface area contributed by atoms with E-state index in [1.807, 2.05) is 36.4 Å². The highest BCUT2D eigenvalue weighted by Crippen LogP contribution is 2.47. The van der Waals surface area contributed by atoms with E-state index >= 15 is 0 Å². The summed E-state index contributed by atoms with van der Waals surface area (Å²) in [6.07, 6.45) is 7.70. The SMILES string of the molecule is CCOC(=O)[C@@]12CC1/C=C\CCCCC[C@H](NC(=O)OC(C)(C)C)C(=O)N1C[C@@H]3CN(Cc4ccc5ccccc5n4)C[C@@H]3[C@H]1C(=O)N2. The largest absolute Gasteiger partial charge is 0.464 e. The van der Waals surface area contributed by atoms with Crippen molar-refractivity contribution in [3.8, 4) is 0 Å². The van der Waals surface area contributed by atoms with Crippen molar-refractivity contribution in [1.29, 1.82) is 0 Å². The van der Waals surface area contributed by atoms with E-state index in [0.29, 0.717) is 39.0 Å². The fraction of sp³-hybridized carbons (Fsp3) is 0.595. The van der Waals surface area contributed by atoms with Gasteiger partial charge in [-0.15, -0.1) is 0 Å². The topological polar surface area (TPSA) is 130 Å². The van der Waals surface area contributed by atoms with Gasteiger partial charge in [-0.2, -0.15) is 0 Å². The van der Waals surface area contributed by atoms with E-state index in [4.69, 9.17) is 14.5 Å². The van der Waals surface area contributed by atoms with E-state index in [9.17, 15) is 19.2 Å². The molecule has 2 aromatic rings. The second-order valence-corrected chi connectivity index (χ2v) is 14.8. The minimum atomic E-state index is -1.14. The fourth-order valence-corrected chi connectivity index (χ4v) is 7.71. The van der Waals surface area contributed by atoms with E-state index in [0.717, 1.165) is 42.3 Å². The zero-order chi connectivity index (χ0) is 34.1. The second kappa shape index (κ2) is 13.9. The standard InChI is InChI=1S/C37H49N5O6/c1-5-47-34(45)37-19-26(37)14-9-7-6-8-10-16-30(39-35(46)48-36(2,3)4)33(44)42-21-25-20-41(23-28(25)31(42)32(43)40-37)22-27-18-17-24-13-11-12-15-29(24)38-27/h9,11-15,17-18,25-26,28,30-31H,5-8,10,16,19-23H2,1-4H3,(H,39,46)(H,40,43)/b14-9-/t25-,26?,28-,30-,31-,37+/m0/s1. The summed E-state index contributed by atoms with van der Waals surface area (Å²) in [5.41, 5.74) is 0.0209. The molecule has 0 radical (unpaired) electrons. The molecule has 258 valence electrons. The molecule has 4 heterocycles. The summed E-state index contributed by atoms with van der Waals surface area (Å²) in [4.78, 5) is 63.8. The van der Waals surface area contributed by atoms with E-state index in [2.05, 4.69) is 27.7 Å². The average Bonchev–Trinajstić information content (AvgIpc) is 3.40. The summed E-state index contributed by atoms with van der Waals surface area (Å²) < 4.78 is 11.0. The van der Waals surface area contributed by atoms with Crippen LogP contribution in [-0.4, -0.2) is 88.1 Å². The number of rotatable bonds is 5. The van der Waals surface area contributed by atoms with Crippen molar-refractivity contribution in [2.75, 3.05) is 26.2 Å². The minimum absolute atomic E-state index is 0.0413. The monoisotopic (exact) mass is 659 g/mol. The molecule has 4 aliphatic rings.